The summed E-state index contributed by atoms with van der Waals surface area (Å²) in [7, 11) is 0. The molecule has 0 saturated carbocycles. The van der Waals surface area contributed by atoms with Crippen LogP contribution in [-0.4, -0.2) is 33.3 Å². The molecule has 1 aromatic heterocycles. The number of aliphatic hydroxyl groups is 1. The van der Waals surface area contributed by atoms with Crippen LogP contribution in [0, 0.1) is 24.1 Å². The summed E-state index contributed by atoms with van der Waals surface area (Å²) >= 11 is 6.23. The van der Waals surface area contributed by atoms with Crippen LogP contribution in [0.1, 0.15) is 53.1 Å². The van der Waals surface area contributed by atoms with Gasteiger partial charge in [0.1, 0.15) is 24.2 Å². The zero-order valence-corrected chi connectivity index (χ0v) is 25.4. The number of ether oxygens (including phenoxy) is 1. The van der Waals surface area contributed by atoms with E-state index in [0.29, 0.717) is 16.3 Å². The van der Waals surface area contributed by atoms with E-state index in [0.717, 1.165) is 40.7 Å². The number of aromatic nitrogens is 1. The zero-order chi connectivity index (χ0) is 31.6. The van der Waals surface area contributed by atoms with Crippen molar-refractivity contribution in [2.45, 2.75) is 64.8 Å². The molecule has 3 aromatic carbocycles. The Hall–Kier alpha value is -4.29. The third-order valence-electron chi connectivity index (χ3n) is 7.50. The lowest BCUT2D eigenvalue weighted by Crippen LogP contribution is -2.39. The number of nitrogens with zero attached hydrogens (tertiary/aromatic N) is 2. The van der Waals surface area contributed by atoms with Crippen molar-refractivity contribution in [3.05, 3.63) is 117 Å². The Balaban J connectivity index is 0.000000231. The van der Waals surface area contributed by atoms with Crippen LogP contribution in [0.4, 0.5) is 4.39 Å². The van der Waals surface area contributed by atoms with Gasteiger partial charge in [0.2, 0.25) is 0 Å². The standard InChI is InChI=1S/C20H22ClN3O4.C15H13F/c1-12-3-19(28-11-15-4-14(7-22)8-23-9-15)16(5-17(12)21)10-24-18(13(2)25)6-20(26)27;16-15-10-2-1-7-14(15)13-9-4-6-11-5-3-8-12(11)13/h3-5,8-9,13,18,24-25H,6,10-11H2,1-2H3,(H,26,27);1-2,4,6-7,9-10H,3,5,8H2. The summed E-state index contributed by atoms with van der Waals surface area (Å²) in [4.78, 5) is 15.0. The topological polar surface area (TPSA) is 115 Å². The first-order valence-electron chi connectivity index (χ1n) is 14.4. The second-order valence-corrected chi connectivity index (χ2v) is 11.2. The second-order valence-electron chi connectivity index (χ2n) is 10.8. The average molecular weight is 616 g/mol. The van der Waals surface area contributed by atoms with Gasteiger partial charge in [0.05, 0.1) is 18.1 Å². The number of carboxylic acids is 1. The highest BCUT2D eigenvalue weighted by Gasteiger charge is 2.19. The number of hydrogen-bond acceptors (Lipinski definition) is 6. The number of rotatable bonds is 10. The predicted molar refractivity (Wildman–Crippen MR) is 168 cm³/mol. The molecule has 0 fully saturated rings. The molecule has 5 rings (SSSR count). The van der Waals surface area contributed by atoms with Crippen molar-refractivity contribution in [1.29, 1.82) is 5.26 Å². The number of fused-ring (bicyclic) bond motifs is 1. The van der Waals surface area contributed by atoms with Crippen molar-refractivity contribution < 1.29 is 24.1 Å². The van der Waals surface area contributed by atoms with Crippen LogP contribution in [0.5, 0.6) is 5.75 Å². The summed E-state index contributed by atoms with van der Waals surface area (Å²) in [6.45, 7) is 3.88. The fraction of sp³-hybridized carbons (Fsp3) is 0.286. The summed E-state index contributed by atoms with van der Waals surface area (Å²) in [6, 6.07) is 19.9. The number of aliphatic hydroxyl groups excluding tert-OH is 1. The highest BCUT2D eigenvalue weighted by molar-refractivity contribution is 6.31. The molecule has 0 radical (unpaired) electrons. The number of carbonyl (C=O) groups is 1. The third-order valence-corrected chi connectivity index (χ3v) is 7.91. The largest absolute Gasteiger partial charge is 0.489 e. The van der Waals surface area contributed by atoms with Gasteiger partial charge in [0, 0.05) is 46.7 Å². The van der Waals surface area contributed by atoms with Gasteiger partial charge in [-0.3, -0.25) is 9.78 Å². The van der Waals surface area contributed by atoms with Gasteiger partial charge in [0.25, 0.3) is 0 Å². The highest BCUT2D eigenvalue weighted by atomic mass is 35.5. The maximum atomic E-state index is 13.7. The number of aliphatic carboxylic acids is 1. The molecule has 2 atom stereocenters. The summed E-state index contributed by atoms with van der Waals surface area (Å²) in [6.07, 6.45) is 5.47. The van der Waals surface area contributed by atoms with Gasteiger partial charge in [0.15, 0.2) is 0 Å². The average Bonchev–Trinajstić information content (AvgIpc) is 3.50. The summed E-state index contributed by atoms with van der Waals surface area (Å²) in [5.41, 5.74) is 7.31. The number of nitriles is 1. The molecule has 7 nitrogen and oxygen atoms in total. The first kappa shape index (κ1) is 32.6. The van der Waals surface area contributed by atoms with E-state index in [1.165, 1.54) is 36.7 Å². The molecule has 9 heteroatoms. The molecule has 1 aliphatic carbocycles. The van der Waals surface area contributed by atoms with Crippen molar-refractivity contribution in [1.82, 2.24) is 10.3 Å². The first-order valence-corrected chi connectivity index (χ1v) is 14.8. The Bertz CT molecular complexity index is 1650. The van der Waals surface area contributed by atoms with Crippen LogP contribution in [0.15, 0.2) is 73.1 Å². The predicted octanol–water partition coefficient (Wildman–Crippen LogP) is 6.79. The second kappa shape index (κ2) is 15.4. The Kier molecular flexibility index (Phi) is 11.4. The number of pyridine rings is 1. The Morgan fingerprint density at radius 3 is 2.64 bits per heavy atom. The van der Waals surface area contributed by atoms with E-state index in [9.17, 15) is 14.3 Å². The van der Waals surface area contributed by atoms with Crippen molar-refractivity contribution in [3.63, 3.8) is 0 Å². The molecule has 4 aromatic rings. The van der Waals surface area contributed by atoms with E-state index in [1.54, 1.807) is 30.5 Å². The lowest BCUT2D eigenvalue weighted by molar-refractivity contribution is -0.138. The molecule has 0 aliphatic heterocycles. The Morgan fingerprint density at radius 2 is 1.91 bits per heavy atom. The molecular formula is C35H35ClFN3O4. The molecule has 3 N–H and O–H groups in total. The van der Waals surface area contributed by atoms with Crippen molar-refractivity contribution in [2.75, 3.05) is 0 Å². The fourth-order valence-corrected chi connectivity index (χ4v) is 5.34. The summed E-state index contributed by atoms with van der Waals surface area (Å²) < 4.78 is 19.6. The lowest BCUT2D eigenvalue weighted by Gasteiger charge is -2.21. The molecule has 0 saturated heterocycles. The van der Waals surface area contributed by atoms with E-state index < -0.39 is 18.1 Å². The summed E-state index contributed by atoms with van der Waals surface area (Å²) in [5, 5.41) is 31.4. The van der Waals surface area contributed by atoms with Crippen LogP contribution < -0.4 is 10.1 Å². The van der Waals surface area contributed by atoms with Crippen molar-refractivity contribution in [2.24, 2.45) is 0 Å². The number of aryl methyl sites for hydroxylation is 2. The number of benzene rings is 3. The minimum absolute atomic E-state index is 0.122. The number of carboxylic acid groups (broad SMARTS) is 1. The Morgan fingerprint density at radius 1 is 1.14 bits per heavy atom. The number of hydrogen-bond donors (Lipinski definition) is 3. The maximum absolute atomic E-state index is 13.7. The van der Waals surface area contributed by atoms with Gasteiger partial charge in [-0.2, -0.15) is 5.26 Å². The van der Waals surface area contributed by atoms with Crippen LogP contribution in [-0.2, 0) is 30.8 Å². The van der Waals surface area contributed by atoms with E-state index in [4.69, 9.17) is 26.7 Å². The molecular weight excluding hydrogens is 581 g/mol. The number of halogens is 2. The van der Waals surface area contributed by atoms with E-state index >= 15 is 0 Å². The van der Waals surface area contributed by atoms with E-state index in [2.05, 4.69) is 16.4 Å². The first-order chi connectivity index (χ1) is 21.2. The number of nitrogens with one attached hydrogen (secondary N) is 1. The van der Waals surface area contributed by atoms with Crippen LogP contribution >= 0.6 is 11.6 Å². The van der Waals surface area contributed by atoms with Gasteiger partial charge in [-0.05, 0) is 79.6 Å². The molecule has 1 heterocycles. The highest BCUT2D eigenvalue weighted by Crippen LogP contribution is 2.33. The monoisotopic (exact) mass is 615 g/mol. The summed E-state index contributed by atoms with van der Waals surface area (Å²) in [5.74, 6) is -0.541. The molecule has 228 valence electrons. The zero-order valence-electron chi connectivity index (χ0n) is 24.7. The fourth-order valence-electron chi connectivity index (χ4n) is 5.15. The minimum atomic E-state index is -0.998. The lowest BCUT2D eigenvalue weighted by atomic mass is 9.97. The molecule has 0 bridgehead atoms. The molecule has 0 spiro atoms. The van der Waals surface area contributed by atoms with E-state index in [1.807, 2.05) is 37.3 Å². The smallest absolute Gasteiger partial charge is 0.305 e. The SMILES string of the molecule is Cc1cc(OCc2cncc(C#N)c2)c(CNC(CC(=O)O)C(C)O)cc1Cl.Fc1ccccc1-c1cccc2c1CCC2. The van der Waals surface area contributed by atoms with Crippen LogP contribution in [0.2, 0.25) is 5.02 Å². The molecule has 0 amide bonds. The van der Waals surface area contributed by atoms with Gasteiger partial charge in [-0.25, -0.2) is 4.39 Å². The van der Waals surface area contributed by atoms with Crippen molar-refractivity contribution >= 4 is 17.6 Å². The molecule has 1 aliphatic rings. The third kappa shape index (κ3) is 8.64. The molecule has 44 heavy (non-hydrogen) atoms. The quantitative estimate of drug-likeness (QED) is 0.180. The van der Waals surface area contributed by atoms with E-state index in [-0.39, 0.29) is 25.4 Å². The minimum Gasteiger partial charge on any atom is -0.489 e. The van der Waals surface area contributed by atoms with Gasteiger partial charge in [-0.15, -0.1) is 0 Å². The van der Waals surface area contributed by atoms with Crippen LogP contribution in [0.25, 0.3) is 11.1 Å². The van der Waals surface area contributed by atoms with Gasteiger partial charge >= 0.3 is 5.97 Å². The van der Waals surface area contributed by atoms with Gasteiger partial charge in [-0.1, -0.05) is 48.0 Å². The maximum Gasteiger partial charge on any atom is 0.305 e. The van der Waals surface area contributed by atoms with Crippen molar-refractivity contribution in [3.8, 4) is 22.9 Å². The van der Waals surface area contributed by atoms with Crippen LogP contribution in [0.3, 0.4) is 0 Å². The normalized spacial score (nSPS) is 13.2. The Labute approximate surface area is 261 Å². The molecule has 2 unspecified atom stereocenters. The van der Waals surface area contributed by atoms with Gasteiger partial charge < -0.3 is 20.3 Å².